The molecule has 0 radical (unpaired) electrons. The van der Waals surface area contributed by atoms with Gasteiger partial charge in [0.1, 0.15) is 5.75 Å². The highest BCUT2D eigenvalue weighted by Crippen LogP contribution is 2.12. The van der Waals surface area contributed by atoms with E-state index in [1.165, 1.54) is 5.56 Å². The van der Waals surface area contributed by atoms with Crippen LogP contribution in [0.4, 0.5) is 5.69 Å². The molecule has 0 spiro atoms. The van der Waals surface area contributed by atoms with Crippen LogP contribution in [0.3, 0.4) is 0 Å². The van der Waals surface area contributed by atoms with E-state index < -0.39 is 5.97 Å². The molecule has 0 bridgehead atoms. The van der Waals surface area contributed by atoms with E-state index in [9.17, 15) is 9.59 Å². The van der Waals surface area contributed by atoms with Gasteiger partial charge >= 0.3 is 5.97 Å². The number of para-hydroxylation sites is 1. The molecule has 0 aromatic heterocycles. The number of anilines is 1. The zero-order valence-corrected chi connectivity index (χ0v) is 14.4. The Morgan fingerprint density at radius 1 is 0.960 bits per heavy atom. The van der Waals surface area contributed by atoms with Crippen molar-refractivity contribution in [2.45, 2.75) is 26.2 Å². The Labute approximate surface area is 148 Å². The fourth-order valence-electron chi connectivity index (χ4n) is 2.18. The SMILES string of the molecule is CCCCc1ccc(NC(=O)COC(=O)COc2ccccc2)cc1. The molecule has 1 amide bonds. The number of aryl methyl sites for hydroxylation is 1. The molecule has 0 aliphatic rings. The molecule has 0 atom stereocenters. The number of benzene rings is 2. The summed E-state index contributed by atoms with van der Waals surface area (Å²) in [5.41, 5.74) is 1.92. The van der Waals surface area contributed by atoms with E-state index in [4.69, 9.17) is 9.47 Å². The van der Waals surface area contributed by atoms with Gasteiger partial charge in [0.05, 0.1) is 0 Å². The second-order valence-electron chi connectivity index (χ2n) is 5.61. The Bertz CT molecular complexity index is 668. The molecule has 25 heavy (non-hydrogen) atoms. The molecular weight excluding hydrogens is 318 g/mol. The van der Waals surface area contributed by atoms with Gasteiger partial charge in [0.2, 0.25) is 0 Å². The minimum atomic E-state index is -0.589. The lowest BCUT2D eigenvalue weighted by Crippen LogP contribution is -2.23. The molecule has 2 rings (SSSR count). The molecule has 0 aliphatic heterocycles. The molecule has 0 heterocycles. The Balaban J connectivity index is 1.68. The van der Waals surface area contributed by atoms with Crippen molar-refractivity contribution in [2.24, 2.45) is 0 Å². The fourth-order valence-corrected chi connectivity index (χ4v) is 2.18. The Kier molecular flexibility index (Phi) is 7.50. The second kappa shape index (κ2) is 10.1. The first-order valence-corrected chi connectivity index (χ1v) is 8.39. The molecule has 5 nitrogen and oxygen atoms in total. The van der Waals surface area contributed by atoms with Gasteiger partial charge in [-0.15, -0.1) is 0 Å². The fraction of sp³-hybridized carbons (Fsp3) is 0.300. The van der Waals surface area contributed by atoms with E-state index in [1.54, 1.807) is 12.1 Å². The van der Waals surface area contributed by atoms with Crippen LogP contribution in [0.2, 0.25) is 0 Å². The van der Waals surface area contributed by atoms with Gasteiger partial charge in [-0.2, -0.15) is 0 Å². The summed E-state index contributed by atoms with van der Waals surface area (Å²) in [6.45, 7) is 1.58. The molecule has 5 heteroatoms. The van der Waals surface area contributed by atoms with Crippen molar-refractivity contribution in [1.82, 2.24) is 0 Å². The van der Waals surface area contributed by atoms with Crippen LogP contribution < -0.4 is 10.1 Å². The minimum Gasteiger partial charge on any atom is -0.482 e. The number of unbranched alkanes of at least 4 members (excludes halogenated alkanes) is 1. The summed E-state index contributed by atoms with van der Waals surface area (Å²) in [7, 11) is 0. The van der Waals surface area contributed by atoms with Crippen LogP contribution in [0.1, 0.15) is 25.3 Å². The van der Waals surface area contributed by atoms with Crippen LogP contribution in [0, 0.1) is 0 Å². The average molecular weight is 341 g/mol. The van der Waals surface area contributed by atoms with Crippen LogP contribution in [-0.2, 0) is 20.7 Å². The van der Waals surface area contributed by atoms with Crippen molar-refractivity contribution in [3.8, 4) is 5.75 Å². The third-order valence-electron chi connectivity index (χ3n) is 3.52. The Morgan fingerprint density at radius 3 is 2.36 bits per heavy atom. The van der Waals surface area contributed by atoms with E-state index in [-0.39, 0.29) is 19.1 Å². The van der Waals surface area contributed by atoms with Gasteiger partial charge in [-0.25, -0.2) is 4.79 Å². The number of ether oxygens (including phenoxy) is 2. The molecule has 0 saturated carbocycles. The van der Waals surface area contributed by atoms with Crippen molar-refractivity contribution >= 4 is 17.6 Å². The van der Waals surface area contributed by atoms with Crippen molar-refractivity contribution in [3.63, 3.8) is 0 Å². The highest BCUT2D eigenvalue weighted by atomic mass is 16.6. The van der Waals surface area contributed by atoms with Crippen LogP contribution in [0.15, 0.2) is 54.6 Å². The van der Waals surface area contributed by atoms with E-state index in [1.807, 2.05) is 42.5 Å². The van der Waals surface area contributed by atoms with E-state index >= 15 is 0 Å². The van der Waals surface area contributed by atoms with Crippen molar-refractivity contribution in [1.29, 1.82) is 0 Å². The number of amides is 1. The third-order valence-corrected chi connectivity index (χ3v) is 3.52. The Morgan fingerprint density at radius 2 is 1.68 bits per heavy atom. The summed E-state index contributed by atoms with van der Waals surface area (Å²) in [5.74, 6) is -0.393. The van der Waals surface area contributed by atoms with Crippen LogP contribution in [-0.4, -0.2) is 25.1 Å². The quantitative estimate of drug-likeness (QED) is 0.708. The van der Waals surface area contributed by atoms with Gasteiger partial charge in [0.25, 0.3) is 5.91 Å². The largest absolute Gasteiger partial charge is 0.482 e. The first kappa shape index (κ1) is 18.5. The van der Waals surface area contributed by atoms with Crippen LogP contribution in [0.5, 0.6) is 5.75 Å². The molecular formula is C20H23NO4. The van der Waals surface area contributed by atoms with Gasteiger partial charge in [-0.05, 0) is 42.7 Å². The monoisotopic (exact) mass is 341 g/mol. The maximum atomic E-state index is 11.8. The van der Waals surface area contributed by atoms with Crippen LogP contribution >= 0.6 is 0 Å². The smallest absolute Gasteiger partial charge is 0.344 e. The lowest BCUT2D eigenvalue weighted by Gasteiger charge is -2.08. The summed E-state index contributed by atoms with van der Waals surface area (Å²) in [4.78, 5) is 23.4. The first-order chi connectivity index (χ1) is 12.2. The summed E-state index contributed by atoms with van der Waals surface area (Å²) >= 11 is 0. The molecule has 132 valence electrons. The maximum Gasteiger partial charge on any atom is 0.344 e. The van der Waals surface area contributed by atoms with Gasteiger partial charge in [-0.1, -0.05) is 43.7 Å². The standard InChI is InChI=1S/C20H23NO4/c1-2-3-7-16-10-12-17(13-11-16)21-19(22)14-25-20(23)15-24-18-8-5-4-6-9-18/h4-6,8-13H,2-3,7,14-15H2,1H3,(H,21,22). The average Bonchev–Trinajstić information content (AvgIpc) is 2.65. The van der Waals surface area contributed by atoms with Crippen molar-refractivity contribution in [2.75, 3.05) is 18.5 Å². The number of hydrogen-bond donors (Lipinski definition) is 1. The molecule has 1 N–H and O–H groups in total. The molecule has 0 saturated heterocycles. The third kappa shape index (κ3) is 7.08. The molecule has 0 unspecified atom stereocenters. The van der Waals surface area contributed by atoms with Crippen molar-refractivity contribution in [3.05, 3.63) is 60.2 Å². The lowest BCUT2D eigenvalue weighted by molar-refractivity contribution is -0.149. The number of carbonyl (C=O) groups excluding carboxylic acids is 2. The summed E-state index contributed by atoms with van der Waals surface area (Å²) in [6, 6.07) is 16.6. The van der Waals surface area contributed by atoms with Crippen LogP contribution in [0.25, 0.3) is 0 Å². The van der Waals surface area contributed by atoms with Crippen molar-refractivity contribution < 1.29 is 19.1 Å². The van der Waals surface area contributed by atoms with Gasteiger partial charge in [-0.3, -0.25) is 4.79 Å². The predicted molar refractivity (Wildman–Crippen MR) is 96.6 cm³/mol. The van der Waals surface area contributed by atoms with Gasteiger partial charge in [0, 0.05) is 5.69 Å². The second-order valence-corrected chi connectivity index (χ2v) is 5.61. The number of hydrogen-bond acceptors (Lipinski definition) is 4. The lowest BCUT2D eigenvalue weighted by atomic mass is 10.1. The van der Waals surface area contributed by atoms with E-state index in [0.717, 1.165) is 19.3 Å². The predicted octanol–water partition coefficient (Wildman–Crippen LogP) is 3.59. The minimum absolute atomic E-state index is 0.233. The van der Waals surface area contributed by atoms with Gasteiger partial charge < -0.3 is 14.8 Å². The number of rotatable bonds is 9. The molecule has 2 aromatic carbocycles. The highest BCUT2D eigenvalue weighted by Gasteiger charge is 2.09. The zero-order valence-electron chi connectivity index (χ0n) is 14.4. The highest BCUT2D eigenvalue weighted by molar-refractivity contribution is 5.92. The molecule has 0 fully saturated rings. The molecule has 0 aliphatic carbocycles. The van der Waals surface area contributed by atoms with Gasteiger partial charge in [0.15, 0.2) is 13.2 Å². The maximum absolute atomic E-state index is 11.8. The summed E-state index contributed by atoms with van der Waals surface area (Å²) in [6.07, 6.45) is 3.33. The summed E-state index contributed by atoms with van der Waals surface area (Å²) < 4.78 is 10.2. The topological polar surface area (TPSA) is 64.6 Å². The summed E-state index contributed by atoms with van der Waals surface area (Å²) in [5, 5.41) is 2.70. The first-order valence-electron chi connectivity index (χ1n) is 8.39. The number of esters is 1. The molecule has 2 aromatic rings. The Hall–Kier alpha value is -2.82. The van der Waals surface area contributed by atoms with E-state index in [2.05, 4.69) is 12.2 Å². The number of nitrogens with one attached hydrogen (secondary N) is 1. The zero-order chi connectivity index (χ0) is 17.9. The normalized spacial score (nSPS) is 10.1. The number of carbonyl (C=O) groups is 2. The van der Waals surface area contributed by atoms with E-state index in [0.29, 0.717) is 11.4 Å².